The summed E-state index contributed by atoms with van der Waals surface area (Å²) in [6.07, 6.45) is 1.34. The van der Waals surface area contributed by atoms with Crippen LogP contribution in [-0.4, -0.2) is 37.1 Å². The Morgan fingerprint density at radius 1 is 1.00 bits per heavy atom. The van der Waals surface area contributed by atoms with Crippen molar-refractivity contribution in [2.75, 3.05) is 25.0 Å². The Balaban J connectivity index is 1.79. The van der Waals surface area contributed by atoms with Gasteiger partial charge in [-0.3, -0.25) is 4.90 Å². The first kappa shape index (κ1) is 12.0. The van der Waals surface area contributed by atoms with E-state index in [1.54, 1.807) is 0 Å². The SMILES string of the molecule is CN1C[C@@H]2C[C@H]1CN2c1ccc(C(C)(C)C)cc1. The minimum absolute atomic E-state index is 0.253. The van der Waals surface area contributed by atoms with Crippen molar-refractivity contribution in [1.29, 1.82) is 0 Å². The molecule has 2 saturated heterocycles. The number of piperazine rings is 1. The van der Waals surface area contributed by atoms with Gasteiger partial charge >= 0.3 is 0 Å². The third-order valence-electron chi connectivity index (χ3n) is 4.58. The Morgan fingerprint density at radius 3 is 2.11 bits per heavy atom. The quantitative estimate of drug-likeness (QED) is 0.749. The highest BCUT2D eigenvalue weighted by atomic mass is 15.3. The van der Waals surface area contributed by atoms with E-state index in [0.29, 0.717) is 0 Å². The number of hydrogen-bond acceptors (Lipinski definition) is 2. The number of hydrogen-bond donors (Lipinski definition) is 0. The van der Waals surface area contributed by atoms with Crippen LogP contribution in [-0.2, 0) is 5.41 Å². The Morgan fingerprint density at radius 2 is 1.67 bits per heavy atom. The van der Waals surface area contributed by atoms with Gasteiger partial charge in [-0.05, 0) is 36.6 Å². The van der Waals surface area contributed by atoms with E-state index in [0.717, 1.165) is 12.1 Å². The maximum Gasteiger partial charge on any atom is 0.0433 e. The van der Waals surface area contributed by atoms with Crippen LogP contribution < -0.4 is 4.90 Å². The van der Waals surface area contributed by atoms with Crippen molar-refractivity contribution in [3.8, 4) is 0 Å². The Bertz CT molecular complexity index is 427. The summed E-state index contributed by atoms with van der Waals surface area (Å²) in [5.74, 6) is 0. The van der Waals surface area contributed by atoms with Crippen LogP contribution in [0.25, 0.3) is 0 Å². The smallest absolute Gasteiger partial charge is 0.0433 e. The van der Waals surface area contributed by atoms with Crippen molar-refractivity contribution < 1.29 is 0 Å². The number of anilines is 1. The molecule has 2 atom stereocenters. The monoisotopic (exact) mass is 244 g/mol. The lowest BCUT2D eigenvalue weighted by atomic mass is 9.87. The first-order valence-corrected chi connectivity index (χ1v) is 7.02. The van der Waals surface area contributed by atoms with Crippen LogP contribution in [0.3, 0.4) is 0 Å². The summed E-state index contributed by atoms with van der Waals surface area (Å²) >= 11 is 0. The van der Waals surface area contributed by atoms with E-state index in [4.69, 9.17) is 0 Å². The zero-order chi connectivity index (χ0) is 12.9. The molecule has 1 aromatic carbocycles. The lowest BCUT2D eigenvalue weighted by molar-refractivity contribution is 0.292. The van der Waals surface area contributed by atoms with E-state index in [2.05, 4.69) is 61.9 Å². The molecular formula is C16H24N2. The molecule has 2 aliphatic heterocycles. The van der Waals surface area contributed by atoms with Crippen LogP contribution >= 0.6 is 0 Å². The third kappa shape index (κ3) is 1.93. The van der Waals surface area contributed by atoms with Gasteiger partial charge in [0.25, 0.3) is 0 Å². The predicted octanol–water partition coefficient (Wildman–Crippen LogP) is 2.88. The number of rotatable bonds is 1. The third-order valence-corrected chi connectivity index (χ3v) is 4.58. The van der Waals surface area contributed by atoms with Crippen molar-refractivity contribution in [2.24, 2.45) is 0 Å². The van der Waals surface area contributed by atoms with Crippen LogP contribution in [0.4, 0.5) is 5.69 Å². The van der Waals surface area contributed by atoms with Gasteiger partial charge in [0.05, 0.1) is 0 Å². The first-order chi connectivity index (χ1) is 8.45. The van der Waals surface area contributed by atoms with Gasteiger partial charge in [0, 0.05) is 30.9 Å². The zero-order valence-corrected chi connectivity index (χ0v) is 12.0. The Hall–Kier alpha value is -1.02. The lowest BCUT2D eigenvalue weighted by Crippen LogP contribution is -2.44. The van der Waals surface area contributed by atoms with Crippen LogP contribution in [0.5, 0.6) is 0 Å². The molecule has 2 aliphatic rings. The normalized spacial score (nSPS) is 28.1. The molecule has 0 N–H and O–H groups in total. The van der Waals surface area contributed by atoms with Gasteiger partial charge in [0.1, 0.15) is 0 Å². The Labute approximate surface area is 111 Å². The molecule has 1 aromatic rings. The molecule has 98 valence electrons. The van der Waals surface area contributed by atoms with E-state index < -0.39 is 0 Å². The maximum atomic E-state index is 2.59. The minimum Gasteiger partial charge on any atom is -0.366 e. The zero-order valence-electron chi connectivity index (χ0n) is 12.0. The summed E-state index contributed by atoms with van der Waals surface area (Å²) in [6.45, 7) is 9.25. The van der Waals surface area contributed by atoms with Crippen molar-refractivity contribution >= 4 is 5.69 Å². The molecule has 2 heterocycles. The van der Waals surface area contributed by atoms with E-state index >= 15 is 0 Å². The highest BCUT2D eigenvalue weighted by Gasteiger charge is 2.41. The fraction of sp³-hybridized carbons (Fsp3) is 0.625. The van der Waals surface area contributed by atoms with Crippen LogP contribution in [0.2, 0.25) is 0 Å². The van der Waals surface area contributed by atoms with Crippen molar-refractivity contribution in [1.82, 2.24) is 4.90 Å². The van der Waals surface area contributed by atoms with Gasteiger partial charge in [-0.2, -0.15) is 0 Å². The van der Waals surface area contributed by atoms with Crippen LogP contribution in [0, 0.1) is 0 Å². The molecule has 2 heteroatoms. The van der Waals surface area contributed by atoms with Gasteiger partial charge in [0.2, 0.25) is 0 Å². The second-order valence-electron chi connectivity index (χ2n) is 6.93. The number of nitrogens with zero attached hydrogens (tertiary/aromatic N) is 2. The van der Waals surface area contributed by atoms with Gasteiger partial charge in [0.15, 0.2) is 0 Å². The highest BCUT2D eigenvalue weighted by molar-refractivity contribution is 5.51. The topological polar surface area (TPSA) is 6.48 Å². The fourth-order valence-electron chi connectivity index (χ4n) is 3.34. The van der Waals surface area contributed by atoms with E-state index in [1.807, 2.05) is 0 Å². The van der Waals surface area contributed by atoms with Crippen molar-refractivity contribution in [2.45, 2.75) is 44.7 Å². The van der Waals surface area contributed by atoms with Crippen molar-refractivity contribution in [3.63, 3.8) is 0 Å². The largest absolute Gasteiger partial charge is 0.366 e. The summed E-state index contributed by atoms with van der Waals surface area (Å²) < 4.78 is 0. The molecule has 0 saturated carbocycles. The van der Waals surface area contributed by atoms with E-state index in [1.165, 1.54) is 30.8 Å². The summed E-state index contributed by atoms with van der Waals surface area (Å²) in [5.41, 5.74) is 3.08. The summed E-state index contributed by atoms with van der Waals surface area (Å²) in [4.78, 5) is 5.10. The number of fused-ring (bicyclic) bond motifs is 2. The fourth-order valence-corrected chi connectivity index (χ4v) is 3.34. The van der Waals surface area contributed by atoms with Gasteiger partial charge in [-0.25, -0.2) is 0 Å². The minimum atomic E-state index is 0.253. The molecule has 0 unspecified atom stereocenters. The molecule has 3 rings (SSSR count). The highest BCUT2D eigenvalue weighted by Crippen LogP contribution is 2.34. The molecule has 0 aliphatic carbocycles. The maximum absolute atomic E-state index is 2.59. The summed E-state index contributed by atoms with van der Waals surface area (Å²) in [5, 5.41) is 0. The summed E-state index contributed by atoms with van der Waals surface area (Å²) in [7, 11) is 2.25. The number of likely N-dealkylation sites (N-methyl/N-ethyl adjacent to an activating group) is 1. The second-order valence-corrected chi connectivity index (χ2v) is 6.93. The first-order valence-electron chi connectivity index (χ1n) is 7.02. The number of likely N-dealkylation sites (tertiary alicyclic amines) is 1. The summed E-state index contributed by atoms with van der Waals surface area (Å²) in [6, 6.07) is 10.7. The Kier molecular flexibility index (Phi) is 2.67. The molecule has 0 amide bonds. The van der Waals surface area contributed by atoms with Gasteiger partial charge < -0.3 is 4.90 Å². The van der Waals surface area contributed by atoms with E-state index in [9.17, 15) is 0 Å². The molecule has 0 radical (unpaired) electrons. The van der Waals surface area contributed by atoms with Crippen molar-refractivity contribution in [3.05, 3.63) is 29.8 Å². The molecule has 2 bridgehead atoms. The number of benzene rings is 1. The van der Waals surface area contributed by atoms with Crippen LogP contribution in [0.1, 0.15) is 32.8 Å². The van der Waals surface area contributed by atoms with Crippen LogP contribution in [0.15, 0.2) is 24.3 Å². The van der Waals surface area contributed by atoms with E-state index in [-0.39, 0.29) is 5.41 Å². The molecule has 2 fully saturated rings. The molecule has 0 spiro atoms. The second kappa shape index (κ2) is 3.99. The molecular weight excluding hydrogens is 220 g/mol. The standard InChI is InChI=1S/C16H24N2/c1-16(2,3)12-5-7-13(8-6-12)18-11-14-9-15(18)10-17(14)4/h5-8,14-15H,9-11H2,1-4H3/t14-,15-/m0/s1. The van der Waals surface area contributed by atoms with Gasteiger partial charge in [-0.15, -0.1) is 0 Å². The molecule has 0 aromatic heterocycles. The average molecular weight is 244 g/mol. The lowest BCUT2D eigenvalue weighted by Gasteiger charge is -2.34. The molecule has 18 heavy (non-hydrogen) atoms. The average Bonchev–Trinajstić information content (AvgIpc) is 2.86. The van der Waals surface area contributed by atoms with Gasteiger partial charge in [-0.1, -0.05) is 32.9 Å². The molecule has 2 nitrogen and oxygen atoms in total. The predicted molar refractivity (Wildman–Crippen MR) is 77.3 cm³/mol.